The van der Waals surface area contributed by atoms with E-state index < -0.39 is 64.2 Å². The lowest BCUT2D eigenvalue weighted by molar-refractivity contribution is 0.309. The zero-order valence-electron chi connectivity index (χ0n) is 29.5. The Hall–Kier alpha value is -2.13. The minimum Gasteiger partial charge on any atom is -0.344 e. The number of fused-ring (bicyclic) bond motifs is 3. The predicted octanol–water partition coefficient (Wildman–Crippen LogP) is 3.88. The van der Waals surface area contributed by atoms with E-state index in [1.165, 1.54) is 12.1 Å². The second-order valence-corrected chi connectivity index (χ2v) is 5.36. The average Bonchev–Trinajstić information content (AvgIpc) is 3.13. The standard InChI is InChI=1S/C21H25N3/c1-15-4-7-20-18(12-15)19-14-23(3)10-9-21(19)24(20)11-8-17-6-5-16(2)22-13-17/h4-7,12-13H,8-11,14H2,1-3H3/i1D3,2D3,3D3,9D2,10D2,11D2,14D2. The SMILES string of the molecule is [2H]C([2H])([2H])c1ccc2c(c1)c1c(n2C([2H])([2H])Cc2ccc(C([2H])([2H])[2H])nc2)C([2H])([2H])C([2H])([2H])N(C([2H])([2H])[2H])C1([2H])[2H]. The molecule has 124 valence electrons. The molecule has 1 aromatic carbocycles. The number of aryl methyl sites for hydroxylation is 4. The van der Waals surface area contributed by atoms with Crippen LogP contribution in [0.25, 0.3) is 10.9 Å². The molecule has 0 saturated heterocycles. The molecule has 4 rings (SSSR count). The normalized spacial score (nSPS) is 33.9. The monoisotopic (exact) mass is 336 g/mol. The molecule has 3 nitrogen and oxygen atoms in total. The number of nitrogens with zero attached hydrogens (tertiary/aromatic N) is 3. The summed E-state index contributed by atoms with van der Waals surface area (Å²) < 4.78 is 140. The molecule has 2 aromatic heterocycles. The zero-order chi connectivity index (χ0) is 31.4. The first kappa shape index (κ1) is 5.43. The maximum Gasteiger partial charge on any atom is 0.0501 e. The van der Waals surface area contributed by atoms with E-state index in [1.54, 1.807) is 0 Å². The molecule has 0 atom stereocenters. The molecule has 0 fully saturated rings. The first-order chi connectivity index (χ1) is 18.3. The van der Waals surface area contributed by atoms with Gasteiger partial charge in [0.25, 0.3) is 0 Å². The van der Waals surface area contributed by atoms with Gasteiger partial charge >= 0.3 is 0 Å². The van der Waals surface area contributed by atoms with Crippen molar-refractivity contribution in [2.24, 2.45) is 0 Å². The molecule has 0 spiro atoms. The van der Waals surface area contributed by atoms with Crippen LogP contribution >= 0.6 is 0 Å². The van der Waals surface area contributed by atoms with Gasteiger partial charge < -0.3 is 9.47 Å². The zero-order valence-corrected chi connectivity index (χ0v) is 12.5. The van der Waals surface area contributed by atoms with Crippen LogP contribution in [-0.2, 0) is 25.8 Å². The highest BCUT2D eigenvalue weighted by molar-refractivity contribution is 5.86. The fourth-order valence-corrected chi connectivity index (χ4v) is 2.63. The van der Waals surface area contributed by atoms with E-state index in [-0.39, 0.29) is 32.6 Å². The van der Waals surface area contributed by atoms with Crippen molar-refractivity contribution in [3.05, 3.63) is 64.6 Å². The molecule has 3 heteroatoms. The average molecular weight is 337 g/mol. The summed E-state index contributed by atoms with van der Waals surface area (Å²) >= 11 is 0. The summed E-state index contributed by atoms with van der Waals surface area (Å²) in [4.78, 5) is 3.62. The maximum atomic E-state index is 8.95. The van der Waals surface area contributed by atoms with Gasteiger partial charge in [-0.05, 0) is 56.4 Å². The van der Waals surface area contributed by atoms with Gasteiger partial charge in [0.15, 0.2) is 0 Å². The van der Waals surface area contributed by atoms with Crippen LogP contribution in [0.5, 0.6) is 0 Å². The maximum absolute atomic E-state index is 8.95. The molecule has 0 bridgehead atoms. The fourth-order valence-electron chi connectivity index (χ4n) is 2.63. The topological polar surface area (TPSA) is 21.1 Å². The minimum atomic E-state index is -3.53. The van der Waals surface area contributed by atoms with Gasteiger partial charge in [0, 0.05) is 74.9 Å². The number of hydrogen-bond acceptors (Lipinski definition) is 2. The highest BCUT2D eigenvalue weighted by Crippen LogP contribution is 2.31. The van der Waals surface area contributed by atoms with E-state index in [4.69, 9.17) is 23.3 Å². The summed E-state index contributed by atoms with van der Waals surface area (Å²) in [7, 11) is 0. The first-order valence-electron chi connectivity index (χ1n) is 15.7. The van der Waals surface area contributed by atoms with E-state index in [0.29, 0.717) is 0 Å². The molecule has 0 aliphatic carbocycles. The molecule has 0 amide bonds. The van der Waals surface area contributed by atoms with Gasteiger partial charge in [0.1, 0.15) is 0 Å². The third kappa shape index (κ3) is 2.73. The molecule has 3 aromatic rings. The summed E-state index contributed by atoms with van der Waals surface area (Å²) in [5, 5.41) is -0.299. The third-order valence-electron chi connectivity index (χ3n) is 3.74. The van der Waals surface area contributed by atoms with Gasteiger partial charge in [0.05, 0.1) is 2.74 Å². The molecule has 0 radical (unpaired) electrons. The van der Waals surface area contributed by atoms with Crippen LogP contribution in [0, 0.1) is 13.7 Å². The van der Waals surface area contributed by atoms with Crippen LogP contribution in [-0.4, -0.2) is 27.9 Å². The Balaban J connectivity index is 2.08. The lowest BCUT2D eigenvalue weighted by Crippen LogP contribution is -2.27. The van der Waals surface area contributed by atoms with E-state index >= 15 is 0 Å². The number of likely N-dealkylation sites (N-methyl/N-ethyl adjacent to an activating group) is 1. The van der Waals surface area contributed by atoms with Gasteiger partial charge in [-0.2, -0.15) is 0 Å². The Labute approximate surface area is 167 Å². The van der Waals surface area contributed by atoms with E-state index in [9.17, 15) is 0 Å². The highest BCUT2D eigenvalue weighted by Gasteiger charge is 2.22. The molecule has 0 unspecified atom stereocenters. The Morgan fingerprint density at radius 1 is 1.29 bits per heavy atom. The number of rotatable bonds is 3. The van der Waals surface area contributed by atoms with Crippen LogP contribution in [0.2, 0.25) is 0 Å². The smallest absolute Gasteiger partial charge is 0.0501 e. The second kappa shape index (κ2) is 6.06. The molecule has 3 heterocycles. The second-order valence-electron chi connectivity index (χ2n) is 5.36. The molecule has 0 N–H and O–H groups in total. The van der Waals surface area contributed by atoms with E-state index in [1.807, 2.05) is 0 Å². The number of hydrogen-bond donors (Lipinski definition) is 0. The lowest BCUT2D eigenvalue weighted by Gasteiger charge is -2.24. The van der Waals surface area contributed by atoms with E-state index in [0.717, 1.165) is 29.0 Å². The Morgan fingerprint density at radius 3 is 3.08 bits per heavy atom. The summed E-state index contributed by atoms with van der Waals surface area (Å²) in [6.07, 6.45) is -2.78. The summed E-state index contributed by atoms with van der Waals surface area (Å²) in [5.41, 5.74) is -2.12. The summed E-state index contributed by atoms with van der Waals surface area (Å²) in [6, 6.07) is 5.76. The van der Waals surface area contributed by atoms with Gasteiger partial charge in [-0.3, -0.25) is 4.98 Å². The molecule has 0 saturated carbocycles. The van der Waals surface area contributed by atoms with Crippen molar-refractivity contribution in [1.82, 2.24) is 14.5 Å². The predicted molar refractivity (Wildman–Crippen MR) is 99.4 cm³/mol. The van der Waals surface area contributed by atoms with Gasteiger partial charge in [-0.1, -0.05) is 17.7 Å². The number of aromatic nitrogens is 2. The highest BCUT2D eigenvalue weighted by atomic mass is 15.1. The molecular weight excluding hydrogens is 294 g/mol. The number of benzene rings is 1. The van der Waals surface area contributed by atoms with Gasteiger partial charge in [-0.15, -0.1) is 0 Å². The molecule has 24 heavy (non-hydrogen) atoms. The van der Waals surface area contributed by atoms with Crippen LogP contribution in [0.3, 0.4) is 0 Å². The van der Waals surface area contributed by atoms with Crippen molar-refractivity contribution in [3.63, 3.8) is 0 Å². The van der Waals surface area contributed by atoms with Crippen molar-refractivity contribution in [3.8, 4) is 0 Å². The largest absolute Gasteiger partial charge is 0.344 e. The van der Waals surface area contributed by atoms with Crippen LogP contribution in [0.4, 0.5) is 0 Å². The Morgan fingerprint density at radius 2 is 2.29 bits per heavy atom. The van der Waals surface area contributed by atoms with Gasteiger partial charge in [-0.25, -0.2) is 0 Å². The van der Waals surface area contributed by atoms with Crippen LogP contribution in [0.1, 0.15) is 51.4 Å². The minimum absolute atomic E-state index is 0.171. The Bertz CT molecular complexity index is 1480. The fraction of sp³-hybridized carbons (Fsp3) is 0.381. The first-order valence-corrected chi connectivity index (χ1v) is 7.22. The third-order valence-corrected chi connectivity index (χ3v) is 3.74. The van der Waals surface area contributed by atoms with Crippen molar-refractivity contribution in [2.75, 3.05) is 13.5 Å². The van der Waals surface area contributed by atoms with Crippen molar-refractivity contribution in [1.29, 1.82) is 0 Å². The lowest BCUT2D eigenvalue weighted by atomic mass is 10.0. The van der Waals surface area contributed by atoms with Crippen molar-refractivity contribution >= 4 is 10.9 Å². The molecule has 1 aliphatic rings. The quantitative estimate of drug-likeness (QED) is 0.723. The van der Waals surface area contributed by atoms with Crippen molar-refractivity contribution < 1.29 is 23.3 Å². The Kier molecular flexibility index (Phi) is 1.37. The van der Waals surface area contributed by atoms with Gasteiger partial charge in [0.2, 0.25) is 0 Å². The van der Waals surface area contributed by atoms with Crippen LogP contribution in [0.15, 0.2) is 36.5 Å². The van der Waals surface area contributed by atoms with Crippen molar-refractivity contribution in [2.45, 2.75) is 39.5 Å². The summed E-state index contributed by atoms with van der Waals surface area (Å²) in [5.74, 6) is 0. The number of pyridine rings is 1. The molecule has 1 aliphatic heterocycles. The van der Waals surface area contributed by atoms with E-state index in [2.05, 4.69) is 4.98 Å². The van der Waals surface area contributed by atoms with Crippen LogP contribution < -0.4 is 0 Å². The molecular formula is C21H25N3. The summed E-state index contributed by atoms with van der Waals surface area (Å²) in [6.45, 7) is -18.2.